The van der Waals surface area contributed by atoms with Crippen LogP contribution < -0.4 is 10.6 Å². The molecule has 1 aliphatic rings. The second-order valence-corrected chi connectivity index (χ2v) is 7.56. The zero-order valence-corrected chi connectivity index (χ0v) is 18.0. The van der Waals surface area contributed by atoms with Gasteiger partial charge in [-0.2, -0.15) is 0 Å². The third-order valence-corrected chi connectivity index (χ3v) is 5.36. The van der Waals surface area contributed by atoms with E-state index >= 15 is 0 Å². The highest BCUT2D eigenvalue weighted by Crippen LogP contribution is 2.30. The Kier molecular flexibility index (Phi) is 8.51. The summed E-state index contributed by atoms with van der Waals surface area (Å²) in [6.07, 6.45) is 1.09. The van der Waals surface area contributed by atoms with Crippen LogP contribution in [0.3, 0.4) is 0 Å². The number of imide groups is 1. The van der Waals surface area contributed by atoms with Crippen LogP contribution in [-0.4, -0.2) is 80.7 Å². The van der Waals surface area contributed by atoms with Crippen LogP contribution >= 0.6 is 0 Å². The van der Waals surface area contributed by atoms with Crippen LogP contribution in [0.15, 0.2) is 30.5 Å². The fourth-order valence-electron chi connectivity index (χ4n) is 3.52. The molecule has 0 unspecified atom stereocenters. The van der Waals surface area contributed by atoms with Gasteiger partial charge in [0.2, 0.25) is 5.91 Å². The van der Waals surface area contributed by atoms with E-state index in [9.17, 15) is 29.1 Å². The van der Waals surface area contributed by atoms with Crippen LogP contribution in [0.4, 0.5) is 4.79 Å². The van der Waals surface area contributed by atoms with E-state index in [-0.39, 0.29) is 44.7 Å². The number of hydrogen-bond acceptors (Lipinski definition) is 6. The maximum Gasteiger partial charge on any atom is 0.324 e. The molecule has 2 heterocycles. The molecule has 1 aromatic carbocycles. The molecule has 0 aliphatic carbocycles. The van der Waals surface area contributed by atoms with Crippen molar-refractivity contribution in [3.63, 3.8) is 0 Å². The van der Waals surface area contributed by atoms with Crippen molar-refractivity contribution < 1.29 is 39.3 Å². The predicted octanol–water partition coefficient (Wildman–Crippen LogP) is 0.631. The number of hydrogen-bond donors (Lipinski definition) is 6. The number of carbonyl (C=O) groups excluding carboxylic acids is 2. The summed E-state index contributed by atoms with van der Waals surface area (Å²) in [6, 6.07) is 7.03. The molecule has 1 atom stereocenters. The number of carboxylic acid groups (broad SMARTS) is 3. The molecular weight excluding hydrogens is 436 g/mol. The topological polar surface area (TPSA) is 189 Å². The van der Waals surface area contributed by atoms with E-state index < -0.39 is 29.5 Å². The van der Waals surface area contributed by atoms with Crippen molar-refractivity contribution in [1.29, 1.82) is 0 Å². The second-order valence-electron chi connectivity index (χ2n) is 7.56. The van der Waals surface area contributed by atoms with Gasteiger partial charge in [0.25, 0.3) is 0 Å². The summed E-state index contributed by atoms with van der Waals surface area (Å²) in [5.74, 6) is -3.57. The van der Waals surface area contributed by atoms with Crippen molar-refractivity contribution in [1.82, 2.24) is 20.5 Å². The smallest absolute Gasteiger partial charge is 0.324 e. The van der Waals surface area contributed by atoms with Crippen molar-refractivity contribution >= 4 is 40.7 Å². The van der Waals surface area contributed by atoms with E-state index in [0.29, 0.717) is 0 Å². The number of fused-ring (bicyclic) bond motifs is 1. The molecule has 12 heteroatoms. The summed E-state index contributed by atoms with van der Waals surface area (Å²) < 4.78 is 0. The Morgan fingerprint density at radius 3 is 2.24 bits per heavy atom. The predicted molar refractivity (Wildman–Crippen MR) is 116 cm³/mol. The lowest BCUT2D eigenvalue weighted by Crippen LogP contribution is -2.55. The number of para-hydroxylation sites is 1. The maximum atomic E-state index is 12.2. The zero-order chi connectivity index (χ0) is 24.6. The van der Waals surface area contributed by atoms with Gasteiger partial charge in [-0.05, 0) is 25.1 Å². The fourth-order valence-corrected chi connectivity index (χ4v) is 3.52. The van der Waals surface area contributed by atoms with Crippen molar-refractivity contribution in [2.24, 2.45) is 0 Å². The van der Waals surface area contributed by atoms with Crippen molar-refractivity contribution in [3.05, 3.63) is 36.0 Å². The van der Waals surface area contributed by atoms with E-state index in [1.54, 1.807) is 6.20 Å². The Bertz CT molecular complexity index is 1040. The molecule has 0 saturated carbocycles. The SMILES string of the molecule is CN(CCC(=O)O)[C@@](CCC(=O)O)(Cc1c[nH]c2ccccc12)C(=O)O.O=C1CNC(=O)N1. The van der Waals surface area contributed by atoms with E-state index in [2.05, 4.69) is 10.3 Å². The van der Waals surface area contributed by atoms with Crippen molar-refractivity contribution in [2.45, 2.75) is 31.2 Å². The molecule has 6 N–H and O–H groups in total. The molecule has 178 valence electrons. The highest BCUT2D eigenvalue weighted by molar-refractivity contribution is 6.01. The summed E-state index contributed by atoms with van der Waals surface area (Å²) in [7, 11) is 1.52. The number of aliphatic carboxylic acids is 3. The molecule has 1 aliphatic heterocycles. The number of nitrogens with zero attached hydrogens (tertiary/aromatic N) is 1. The van der Waals surface area contributed by atoms with Gasteiger partial charge in [-0.1, -0.05) is 18.2 Å². The number of carbonyl (C=O) groups is 5. The monoisotopic (exact) mass is 462 g/mol. The average Bonchev–Trinajstić information content (AvgIpc) is 3.34. The minimum Gasteiger partial charge on any atom is -0.481 e. The van der Waals surface area contributed by atoms with Crippen LogP contribution in [-0.2, 0) is 25.6 Å². The van der Waals surface area contributed by atoms with Gasteiger partial charge in [0, 0.05) is 36.5 Å². The van der Waals surface area contributed by atoms with Gasteiger partial charge in [-0.25, -0.2) is 4.79 Å². The normalized spacial score (nSPS) is 14.7. The first-order chi connectivity index (χ1) is 15.5. The minimum atomic E-state index is -1.52. The lowest BCUT2D eigenvalue weighted by molar-refractivity contribution is -0.153. The molecule has 1 fully saturated rings. The minimum absolute atomic E-state index is 0.00358. The standard InChI is InChI=1S/C18H22N2O6.C3H4N2O2/c1-20(9-7-16(23)24)18(17(25)26,8-6-15(21)22)10-12-11-19-14-5-3-2-4-13(12)14;6-2-1-4-3(7)5-2/h2-5,11,19H,6-10H2,1H3,(H,21,22)(H,23,24)(H,25,26);1H2,(H2,4,5,6,7)/t18-;/m0./s1. The summed E-state index contributed by atoms with van der Waals surface area (Å²) >= 11 is 0. The first-order valence-corrected chi connectivity index (χ1v) is 10.1. The number of amides is 3. The summed E-state index contributed by atoms with van der Waals surface area (Å²) in [4.78, 5) is 58.7. The number of aromatic nitrogens is 1. The van der Waals surface area contributed by atoms with E-state index in [1.807, 2.05) is 29.6 Å². The van der Waals surface area contributed by atoms with Gasteiger partial charge >= 0.3 is 23.9 Å². The van der Waals surface area contributed by atoms with E-state index in [0.717, 1.165) is 16.5 Å². The van der Waals surface area contributed by atoms with Crippen LogP contribution in [0.1, 0.15) is 24.8 Å². The number of H-pyrrole nitrogens is 1. The highest BCUT2D eigenvalue weighted by atomic mass is 16.4. The summed E-state index contributed by atoms with van der Waals surface area (Å²) in [6.45, 7) is 0.127. The van der Waals surface area contributed by atoms with Gasteiger partial charge in [0.05, 0.1) is 13.0 Å². The number of nitrogens with one attached hydrogen (secondary N) is 3. The lowest BCUT2D eigenvalue weighted by atomic mass is 9.84. The first kappa shape index (κ1) is 25.3. The van der Waals surface area contributed by atoms with Crippen LogP contribution in [0.5, 0.6) is 0 Å². The molecule has 3 rings (SSSR count). The van der Waals surface area contributed by atoms with E-state index in [4.69, 9.17) is 10.2 Å². The van der Waals surface area contributed by atoms with Gasteiger partial charge in [-0.3, -0.25) is 29.4 Å². The van der Waals surface area contributed by atoms with Crippen LogP contribution in [0, 0.1) is 0 Å². The molecule has 2 aromatic rings. The Balaban J connectivity index is 0.000000468. The number of likely N-dealkylation sites (N-methyl/N-ethyl adjacent to an activating group) is 1. The number of urea groups is 1. The molecule has 33 heavy (non-hydrogen) atoms. The van der Waals surface area contributed by atoms with E-state index in [1.165, 1.54) is 11.9 Å². The van der Waals surface area contributed by atoms with Gasteiger partial charge in [0.1, 0.15) is 5.54 Å². The quantitative estimate of drug-likeness (QED) is 0.275. The fraction of sp³-hybridized carbons (Fsp3) is 0.381. The average molecular weight is 462 g/mol. The molecule has 1 saturated heterocycles. The van der Waals surface area contributed by atoms with Crippen LogP contribution in [0.2, 0.25) is 0 Å². The van der Waals surface area contributed by atoms with Crippen molar-refractivity contribution in [2.75, 3.05) is 20.1 Å². The largest absolute Gasteiger partial charge is 0.481 e. The third kappa shape index (κ3) is 6.77. The number of benzene rings is 1. The lowest BCUT2D eigenvalue weighted by Gasteiger charge is -2.38. The van der Waals surface area contributed by atoms with Gasteiger partial charge < -0.3 is 25.6 Å². The summed E-state index contributed by atoms with van der Waals surface area (Å²) in [5, 5.41) is 33.1. The summed E-state index contributed by atoms with van der Waals surface area (Å²) in [5.41, 5.74) is 0.0856. The second kappa shape index (κ2) is 11.1. The van der Waals surface area contributed by atoms with Crippen molar-refractivity contribution in [3.8, 4) is 0 Å². The molecule has 12 nitrogen and oxygen atoms in total. The first-order valence-electron chi connectivity index (χ1n) is 10.1. The Hall–Kier alpha value is -3.93. The third-order valence-electron chi connectivity index (χ3n) is 5.36. The molecule has 0 bridgehead atoms. The molecule has 0 spiro atoms. The van der Waals surface area contributed by atoms with Crippen LogP contribution in [0.25, 0.3) is 10.9 Å². The molecule has 1 aromatic heterocycles. The number of carboxylic acids is 3. The zero-order valence-electron chi connectivity index (χ0n) is 18.0. The maximum absolute atomic E-state index is 12.2. The van der Waals surface area contributed by atoms with Gasteiger partial charge in [-0.15, -0.1) is 0 Å². The Morgan fingerprint density at radius 1 is 1.06 bits per heavy atom. The number of rotatable bonds is 10. The Morgan fingerprint density at radius 2 is 1.73 bits per heavy atom. The highest BCUT2D eigenvalue weighted by Gasteiger charge is 2.43. The Labute approximate surface area is 188 Å². The molecular formula is C21H26N4O8. The number of aromatic amines is 1. The molecule has 3 amide bonds. The van der Waals surface area contributed by atoms with Gasteiger partial charge in [0.15, 0.2) is 0 Å². The molecule has 0 radical (unpaired) electrons.